The van der Waals surface area contributed by atoms with Gasteiger partial charge in [-0.3, -0.25) is 0 Å². The number of aliphatic carboxylic acids is 1. The van der Waals surface area contributed by atoms with Crippen molar-refractivity contribution >= 4 is 5.97 Å². The highest BCUT2D eigenvalue weighted by Crippen LogP contribution is 1.87. The molecule has 15 heavy (non-hydrogen) atoms. The molecular weight excluding hydrogens is 196 g/mol. The van der Waals surface area contributed by atoms with Gasteiger partial charge < -0.3 is 14.6 Å². The molecule has 0 saturated carbocycles. The van der Waals surface area contributed by atoms with E-state index in [-0.39, 0.29) is 0 Å². The minimum Gasteiger partial charge on any atom is -0.498 e. The van der Waals surface area contributed by atoms with Gasteiger partial charge in [-0.15, -0.1) is 0 Å². The largest absolute Gasteiger partial charge is 0.498 e. The van der Waals surface area contributed by atoms with Crippen LogP contribution >= 0.6 is 0 Å². The highest BCUT2D eigenvalue weighted by Gasteiger charge is 1.93. The first-order chi connectivity index (χ1) is 7.09. The minimum atomic E-state index is -0.845. The number of carboxylic acid groups (broad SMARTS) is 1. The Balaban J connectivity index is 0. The third kappa shape index (κ3) is 15.1. The zero-order chi connectivity index (χ0) is 12.1. The van der Waals surface area contributed by atoms with Crippen LogP contribution in [-0.2, 0) is 14.3 Å². The highest BCUT2D eigenvalue weighted by molar-refractivity contribution is 5.85. The van der Waals surface area contributed by atoms with Crippen LogP contribution in [0.5, 0.6) is 0 Å². The summed E-state index contributed by atoms with van der Waals surface area (Å²) >= 11 is 0. The Morgan fingerprint density at radius 2 is 1.67 bits per heavy atom. The fraction of sp³-hybridized carbons (Fsp3) is 0.364. The van der Waals surface area contributed by atoms with Crippen LogP contribution in [-0.4, -0.2) is 24.3 Å². The van der Waals surface area contributed by atoms with Crippen molar-refractivity contribution in [2.24, 2.45) is 0 Å². The Kier molecular flexibility index (Phi) is 12.9. The van der Waals surface area contributed by atoms with Crippen LogP contribution < -0.4 is 0 Å². The maximum Gasteiger partial charge on any atom is 0.330 e. The van der Waals surface area contributed by atoms with Crippen molar-refractivity contribution in [2.45, 2.75) is 13.8 Å². The molecule has 0 bridgehead atoms. The van der Waals surface area contributed by atoms with Gasteiger partial charge in [0.25, 0.3) is 0 Å². The van der Waals surface area contributed by atoms with Gasteiger partial charge in [-0.1, -0.05) is 19.2 Å². The molecule has 4 heteroatoms. The number of carbonyl (C=O) groups is 1. The average Bonchev–Trinajstić information content (AvgIpc) is 2.24. The molecule has 0 unspecified atom stereocenters. The molecule has 0 atom stereocenters. The molecule has 0 aromatic carbocycles. The zero-order valence-corrected chi connectivity index (χ0v) is 9.23. The molecule has 0 spiro atoms. The number of hydrogen-bond acceptors (Lipinski definition) is 3. The number of carboxylic acids is 1. The van der Waals surface area contributed by atoms with Crippen LogP contribution in [0, 0.1) is 0 Å². The molecule has 0 aliphatic carbocycles. The van der Waals surface area contributed by atoms with E-state index in [9.17, 15) is 4.79 Å². The van der Waals surface area contributed by atoms with Crippen molar-refractivity contribution < 1.29 is 19.4 Å². The van der Waals surface area contributed by atoms with Gasteiger partial charge in [0.2, 0.25) is 0 Å². The average molecular weight is 214 g/mol. The summed E-state index contributed by atoms with van der Waals surface area (Å²) in [6.07, 6.45) is 4.32. The number of ether oxygens (including phenoxy) is 2. The predicted octanol–water partition coefficient (Wildman–Crippen LogP) is 2.34. The summed E-state index contributed by atoms with van der Waals surface area (Å²) in [6, 6.07) is 0. The predicted molar refractivity (Wildman–Crippen MR) is 59.4 cm³/mol. The molecule has 0 radical (unpaired) electrons. The van der Waals surface area contributed by atoms with Gasteiger partial charge in [-0.2, -0.15) is 0 Å². The summed E-state index contributed by atoms with van der Waals surface area (Å²) in [5.41, 5.74) is 0.389. The van der Waals surface area contributed by atoms with Crippen molar-refractivity contribution in [1.29, 1.82) is 0 Å². The third-order valence-electron chi connectivity index (χ3n) is 1.33. The van der Waals surface area contributed by atoms with E-state index in [2.05, 4.69) is 13.2 Å². The second kappa shape index (κ2) is 12.3. The van der Waals surface area contributed by atoms with Crippen LogP contribution in [0.15, 0.2) is 37.3 Å². The second-order valence-corrected chi connectivity index (χ2v) is 2.35. The van der Waals surface area contributed by atoms with Crippen molar-refractivity contribution in [3.05, 3.63) is 37.3 Å². The van der Waals surface area contributed by atoms with Crippen LogP contribution in [0.2, 0.25) is 0 Å². The van der Waals surface area contributed by atoms with E-state index >= 15 is 0 Å². The van der Waals surface area contributed by atoms with Gasteiger partial charge in [0.1, 0.15) is 13.2 Å². The molecule has 0 fully saturated rings. The summed E-state index contributed by atoms with van der Waals surface area (Å²) < 4.78 is 9.45. The van der Waals surface area contributed by atoms with Crippen molar-refractivity contribution in [2.75, 3.05) is 13.2 Å². The standard InChI is InChI=1S/C6H10O2.C5H8O2/c1-3-7-5-6-8-4-2;1-3-4(2)5(6)7/h3-4H,1-2,5-6H2;3H,1-2H3,(H,6,7). The molecule has 0 aromatic heterocycles. The first kappa shape index (κ1) is 15.7. The van der Waals surface area contributed by atoms with E-state index < -0.39 is 5.97 Å². The number of hydrogen-bond donors (Lipinski definition) is 1. The second-order valence-electron chi connectivity index (χ2n) is 2.35. The highest BCUT2D eigenvalue weighted by atomic mass is 16.5. The van der Waals surface area contributed by atoms with Gasteiger partial charge in [-0.25, -0.2) is 4.79 Å². The molecule has 0 heterocycles. The summed E-state index contributed by atoms with van der Waals surface area (Å²) in [5.74, 6) is -0.845. The monoisotopic (exact) mass is 214 g/mol. The maximum atomic E-state index is 9.86. The molecule has 0 amide bonds. The molecule has 0 rings (SSSR count). The Morgan fingerprint density at radius 3 is 1.80 bits per heavy atom. The van der Waals surface area contributed by atoms with E-state index in [1.165, 1.54) is 12.5 Å². The summed E-state index contributed by atoms with van der Waals surface area (Å²) in [6.45, 7) is 11.0. The van der Waals surface area contributed by atoms with Crippen molar-refractivity contribution in [1.82, 2.24) is 0 Å². The van der Waals surface area contributed by atoms with Gasteiger partial charge in [0, 0.05) is 5.57 Å². The van der Waals surface area contributed by atoms with E-state index in [0.717, 1.165) is 0 Å². The molecule has 1 N–H and O–H groups in total. The lowest BCUT2D eigenvalue weighted by Gasteiger charge is -1.97. The fourth-order valence-corrected chi connectivity index (χ4v) is 0.386. The van der Waals surface area contributed by atoms with Gasteiger partial charge in [0.05, 0.1) is 12.5 Å². The Labute approximate surface area is 90.5 Å². The van der Waals surface area contributed by atoms with Gasteiger partial charge in [0.15, 0.2) is 0 Å². The van der Waals surface area contributed by atoms with Crippen LogP contribution in [0.25, 0.3) is 0 Å². The summed E-state index contributed by atoms with van der Waals surface area (Å²) in [5, 5.41) is 8.11. The Bertz CT molecular complexity index is 209. The molecule has 0 aliphatic rings. The topological polar surface area (TPSA) is 55.8 Å². The quantitative estimate of drug-likeness (QED) is 0.419. The van der Waals surface area contributed by atoms with Crippen molar-refractivity contribution in [3.8, 4) is 0 Å². The fourth-order valence-electron chi connectivity index (χ4n) is 0.386. The molecule has 0 aliphatic heterocycles. The van der Waals surface area contributed by atoms with E-state index in [0.29, 0.717) is 18.8 Å². The first-order valence-electron chi connectivity index (χ1n) is 4.41. The molecule has 0 saturated heterocycles. The molecular formula is C11H18O4. The summed E-state index contributed by atoms with van der Waals surface area (Å²) in [4.78, 5) is 9.86. The minimum absolute atomic E-state index is 0.389. The maximum absolute atomic E-state index is 9.86. The zero-order valence-electron chi connectivity index (χ0n) is 9.23. The molecule has 86 valence electrons. The molecule has 0 aromatic rings. The smallest absolute Gasteiger partial charge is 0.330 e. The normalized spacial score (nSPS) is 9.33. The number of allylic oxidation sites excluding steroid dienone is 1. The van der Waals surface area contributed by atoms with Gasteiger partial charge >= 0.3 is 5.97 Å². The first-order valence-corrected chi connectivity index (χ1v) is 4.41. The van der Waals surface area contributed by atoms with Gasteiger partial charge in [-0.05, 0) is 13.8 Å². The van der Waals surface area contributed by atoms with E-state index in [1.807, 2.05) is 0 Å². The number of rotatable bonds is 6. The van der Waals surface area contributed by atoms with Crippen LogP contribution in [0.4, 0.5) is 0 Å². The van der Waals surface area contributed by atoms with Crippen LogP contribution in [0.3, 0.4) is 0 Å². The molecule has 4 nitrogen and oxygen atoms in total. The summed E-state index contributed by atoms with van der Waals surface area (Å²) in [7, 11) is 0. The van der Waals surface area contributed by atoms with E-state index in [1.54, 1.807) is 19.9 Å². The SMILES string of the molecule is C=COCCOC=C.CC=C(C)C(=O)O. The lowest BCUT2D eigenvalue weighted by molar-refractivity contribution is -0.132. The lowest BCUT2D eigenvalue weighted by atomic mass is 10.3. The van der Waals surface area contributed by atoms with Crippen molar-refractivity contribution in [3.63, 3.8) is 0 Å². The Morgan fingerprint density at radius 1 is 1.27 bits per heavy atom. The Hall–Kier alpha value is -1.71. The lowest BCUT2D eigenvalue weighted by Crippen LogP contribution is -1.95. The third-order valence-corrected chi connectivity index (χ3v) is 1.33. The van der Waals surface area contributed by atoms with Crippen LogP contribution in [0.1, 0.15) is 13.8 Å². The van der Waals surface area contributed by atoms with E-state index in [4.69, 9.17) is 14.6 Å².